The Balaban J connectivity index is 1.52. The van der Waals surface area contributed by atoms with Crippen LogP contribution in [-0.4, -0.2) is 37.9 Å². The Morgan fingerprint density at radius 1 is 1.12 bits per heavy atom. The second kappa shape index (κ2) is 6.88. The molecule has 0 bridgehead atoms. The molecule has 5 heteroatoms. The Morgan fingerprint density at radius 2 is 1.92 bits per heavy atom. The van der Waals surface area contributed by atoms with Crippen molar-refractivity contribution in [3.8, 4) is 11.4 Å². The minimum atomic E-state index is 0.330. The topological polar surface area (TPSA) is 54.8 Å². The van der Waals surface area contributed by atoms with Crippen molar-refractivity contribution in [3.63, 3.8) is 0 Å². The van der Waals surface area contributed by atoms with Crippen LogP contribution in [0, 0.1) is 5.41 Å². The zero-order chi connectivity index (χ0) is 18.1. The Morgan fingerprint density at radius 3 is 2.69 bits per heavy atom. The lowest BCUT2D eigenvalue weighted by molar-refractivity contribution is 0.239. The van der Waals surface area contributed by atoms with Crippen LogP contribution in [0.25, 0.3) is 11.4 Å². The second-order valence-electron chi connectivity index (χ2n) is 8.25. The summed E-state index contributed by atoms with van der Waals surface area (Å²) < 4.78 is 0. The minimum Gasteiger partial charge on any atom is -0.295 e. The van der Waals surface area contributed by atoms with E-state index in [9.17, 15) is 0 Å². The molecule has 4 rings (SSSR count). The molecule has 26 heavy (non-hydrogen) atoms. The summed E-state index contributed by atoms with van der Waals surface area (Å²) in [6.45, 7) is 10.2. The van der Waals surface area contributed by atoms with Crippen molar-refractivity contribution in [2.75, 3.05) is 13.1 Å². The fraction of sp³-hybridized carbons (Fsp3) is 0.524. The molecule has 3 heterocycles. The first-order chi connectivity index (χ1) is 12.5. The molecule has 0 fully saturated rings. The summed E-state index contributed by atoms with van der Waals surface area (Å²) in [5.74, 6) is 0.727. The number of allylic oxidation sites excluding steroid dienone is 1. The van der Waals surface area contributed by atoms with Crippen LogP contribution in [0.5, 0.6) is 0 Å². The molecule has 2 aromatic heterocycles. The van der Waals surface area contributed by atoms with E-state index in [1.54, 1.807) is 23.5 Å². The largest absolute Gasteiger partial charge is 0.295 e. The van der Waals surface area contributed by atoms with Crippen LogP contribution in [0.4, 0.5) is 0 Å². The van der Waals surface area contributed by atoms with Crippen molar-refractivity contribution >= 4 is 0 Å². The summed E-state index contributed by atoms with van der Waals surface area (Å²) >= 11 is 0. The van der Waals surface area contributed by atoms with Gasteiger partial charge in [0.05, 0.1) is 11.3 Å². The van der Waals surface area contributed by atoms with E-state index in [1.807, 2.05) is 6.20 Å². The van der Waals surface area contributed by atoms with E-state index in [0.29, 0.717) is 5.41 Å². The van der Waals surface area contributed by atoms with Gasteiger partial charge < -0.3 is 0 Å². The summed E-state index contributed by atoms with van der Waals surface area (Å²) in [5, 5.41) is 0. The van der Waals surface area contributed by atoms with Crippen molar-refractivity contribution in [2.24, 2.45) is 5.41 Å². The highest BCUT2D eigenvalue weighted by atomic mass is 15.1. The van der Waals surface area contributed by atoms with E-state index in [0.717, 1.165) is 37.4 Å². The summed E-state index contributed by atoms with van der Waals surface area (Å²) in [6.07, 6.45) is 11.9. The average molecular weight is 349 g/mol. The predicted molar refractivity (Wildman–Crippen MR) is 102 cm³/mol. The lowest BCUT2D eigenvalue weighted by atomic mass is 9.72. The number of rotatable bonds is 3. The van der Waals surface area contributed by atoms with Crippen molar-refractivity contribution in [2.45, 2.75) is 53.0 Å². The molecule has 0 N–H and O–H groups in total. The summed E-state index contributed by atoms with van der Waals surface area (Å²) in [4.78, 5) is 20.0. The van der Waals surface area contributed by atoms with Gasteiger partial charge in [0.2, 0.25) is 0 Å². The normalized spacial score (nSPS) is 20.1. The standard InChI is InChI=1S/C21H27N5/c1-15-5-4-7-21(2,3)18(15)13-26-8-6-19-17(12-26)11-24-20(25-19)16-9-22-14-23-10-16/h9-11,14H,4-8,12-13H2,1-3H3. The third-order valence-electron chi connectivity index (χ3n) is 5.90. The zero-order valence-electron chi connectivity index (χ0n) is 16.0. The summed E-state index contributed by atoms with van der Waals surface area (Å²) in [6, 6.07) is 0. The van der Waals surface area contributed by atoms with Gasteiger partial charge in [-0.3, -0.25) is 4.90 Å². The van der Waals surface area contributed by atoms with Crippen molar-refractivity contribution in [1.29, 1.82) is 0 Å². The number of fused-ring (bicyclic) bond motifs is 1. The summed E-state index contributed by atoms with van der Waals surface area (Å²) in [7, 11) is 0. The molecular weight excluding hydrogens is 322 g/mol. The van der Waals surface area contributed by atoms with Gasteiger partial charge in [0.15, 0.2) is 5.82 Å². The van der Waals surface area contributed by atoms with Crippen LogP contribution in [0.3, 0.4) is 0 Å². The average Bonchev–Trinajstić information content (AvgIpc) is 2.65. The Labute approximate surface area is 155 Å². The minimum absolute atomic E-state index is 0.330. The lowest BCUT2D eigenvalue weighted by Gasteiger charge is -2.38. The molecular formula is C21H27N5. The molecule has 0 spiro atoms. The molecule has 1 aliphatic carbocycles. The maximum absolute atomic E-state index is 4.78. The van der Waals surface area contributed by atoms with Crippen LogP contribution in [0.15, 0.2) is 36.1 Å². The van der Waals surface area contributed by atoms with Gasteiger partial charge in [0.25, 0.3) is 0 Å². The Kier molecular flexibility index (Phi) is 4.57. The molecule has 0 amide bonds. The third-order valence-corrected chi connectivity index (χ3v) is 5.90. The van der Waals surface area contributed by atoms with Crippen molar-refractivity contribution in [1.82, 2.24) is 24.8 Å². The van der Waals surface area contributed by atoms with Crippen LogP contribution >= 0.6 is 0 Å². The maximum atomic E-state index is 4.78. The molecule has 5 nitrogen and oxygen atoms in total. The van der Waals surface area contributed by atoms with Crippen molar-refractivity contribution < 1.29 is 0 Å². The summed E-state index contributed by atoms with van der Waals surface area (Å²) in [5.41, 5.74) is 6.87. The maximum Gasteiger partial charge on any atom is 0.162 e. The van der Waals surface area contributed by atoms with Crippen LogP contribution in [0.1, 0.15) is 51.3 Å². The zero-order valence-corrected chi connectivity index (χ0v) is 16.0. The van der Waals surface area contributed by atoms with Crippen LogP contribution in [-0.2, 0) is 13.0 Å². The highest BCUT2D eigenvalue weighted by Gasteiger charge is 2.30. The number of hydrogen-bond donors (Lipinski definition) is 0. The molecule has 1 aliphatic heterocycles. The van der Waals surface area contributed by atoms with Crippen LogP contribution < -0.4 is 0 Å². The van der Waals surface area contributed by atoms with E-state index in [1.165, 1.54) is 36.8 Å². The highest BCUT2D eigenvalue weighted by molar-refractivity contribution is 5.52. The van der Waals surface area contributed by atoms with Gasteiger partial charge in [-0.2, -0.15) is 0 Å². The van der Waals surface area contributed by atoms with E-state index in [4.69, 9.17) is 4.98 Å². The predicted octanol–water partition coefficient (Wildman–Crippen LogP) is 3.82. The molecule has 0 aromatic carbocycles. The van der Waals surface area contributed by atoms with Gasteiger partial charge in [-0.1, -0.05) is 25.0 Å². The molecule has 0 atom stereocenters. The Hall–Kier alpha value is -2.14. The Bertz CT molecular complexity index is 826. The molecule has 0 radical (unpaired) electrons. The van der Waals surface area contributed by atoms with Gasteiger partial charge in [0.1, 0.15) is 6.33 Å². The first-order valence-corrected chi connectivity index (χ1v) is 9.54. The molecule has 136 valence electrons. The van der Waals surface area contributed by atoms with Gasteiger partial charge >= 0.3 is 0 Å². The quantitative estimate of drug-likeness (QED) is 0.789. The lowest BCUT2D eigenvalue weighted by Crippen LogP contribution is -2.36. The first kappa shape index (κ1) is 17.3. The van der Waals surface area contributed by atoms with Crippen LogP contribution in [0.2, 0.25) is 0 Å². The van der Waals surface area contributed by atoms with Gasteiger partial charge in [-0.05, 0) is 31.6 Å². The number of nitrogens with zero attached hydrogens (tertiary/aromatic N) is 5. The molecule has 2 aliphatic rings. The van der Waals surface area contributed by atoms with Gasteiger partial charge in [0, 0.05) is 50.2 Å². The molecule has 0 saturated carbocycles. The second-order valence-corrected chi connectivity index (χ2v) is 8.25. The number of hydrogen-bond acceptors (Lipinski definition) is 5. The smallest absolute Gasteiger partial charge is 0.162 e. The van der Waals surface area contributed by atoms with E-state index >= 15 is 0 Å². The van der Waals surface area contributed by atoms with Gasteiger partial charge in [-0.25, -0.2) is 19.9 Å². The number of aromatic nitrogens is 4. The monoisotopic (exact) mass is 349 g/mol. The fourth-order valence-corrected chi connectivity index (χ4v) is 4.31. The van der Waals surface area contributed by atoms with Gasteiger partial charge in [-0.15, -0.1) is 0 Å². The highest BCUT2D eigenvalue weighted by Crippen LogP contribution is 2.40. The molecule has 0 unspecified atom stereocenters. The SMILES string of the molecule is CC1=C(CN2CCc3nc(-c4cncnc4)ncc3C2)C(C)(C)CCC1. The van der Waals surface area contributed by atoms with E-state index in [-0.39, 0.29) is 0 Å². The van der Waals surface area contributed by atoms with E-state index < -0.39 is 0 Å². The third kappa shape index (κ3) is 3.40. The van der Waals surface area contributed by atoms with Crippen molar-refractivity contribution in [3.05, 3.63) is 47.3 Å². The first-order valence-electron chi connectivity index (χ1n) is 9.54. The fourth-order valence-electron chi connectivity index (χ4n) is 4.31. The van der Waals surface area contributed by atoms with E-state index in [2.05, 4.69) is 40.6 Å². The molecule has 0 saturated heterocycles. The molecule has 2 aromatic rings.